The Balaban J connectivity index is 3.54. The van der Waals surface area contributed by atoms with Crippen molar-refractivity contribution in [3.8, 4) is 0 Å². The molecule has 0 atom stereocenters. The van der Waals surface area contributed by atoms with Crippen molar-refractivity contribution in [3.05, 3.63) is 41.0 Å². The quantitative estimate of drug-likeness (QED) is 0.629. The van der Waals surface area contributed by atoms with E-state index in [1.54, 1.807) is 0 Å². The number of allylic oxidation sites excluding steroid dienone is 2. The third-order valence-electron chi connectivity index (χ3n) is 2.00. The molecule has 0 aliphatic heterocycles. The van der Waals surface area contributed by atoms with Crippen molar-refractivity contribution in [2.24, 2.45) is 0 Å². The van der Waals surface area contributed by atoms with Crippen LogP contribution in [0.3, 0.4) is 0 Å². The summed E-state index contributed by atoms with van der Waals surface area (Å²) >= 11 is 0. The zero-order valence-corrected chi connectivity index (χ0v) is 8.41. The summed E-state index contributed by atoms with van der Waals surface area (Å²) in [4.78, 5) is 4.09. The van der Waals surface area contributed by atoms with Crippen molar-refractivity contribution in [1.29, 1.82) is 0 Å². The molecule has 68 valence electrons. The third-order valence-corrected chi connectivity index (χ3v) is 2.00. The molecule has 1 heteroatoms. The van der Waals surface area contributed by atoms with E-state index in [-0.39, 0.29) is 0 Å². The van der Waals surface area contributed by atoms with Crippen molar-refractivity contribution in [3.63, 3.8) is 0 Å². The van der Waals surface area contributed by atoms with Crippen LogP contribution in [0.4, 0.5) is 0 Å². The lowest BCUT2D eigenvalue weighted by molar-refractivity contribution is 1.26. The predicted octanol–water partition coefficient (Wildman–Crippen LogP) is 1.63. The first-order chi connectivity index (χ1) is 6.29. The van der Waals surface area contributed by atoms with Crippen LogP contribution in [-0.4, -0.2) is 4.98 Å². The van der Waals surface area contributed by atoms with Gasteiger partial charge < -0.3 is 0 Å². The zero-order valence-electron chi connectivity index (χ0n) is 8.41. The van der Waals surface area contributed by atoms with Gasteiger partial charge in [-0.05, 0) is 42.8 Å². The fourth-order valence-electron chi connectivity index (χ4n) is 1.34. The Labute approximate surface area is 79.1 Å². The largest absolute Gasteiger partial charge is 0.264 e. The molecule has 0 fully saturated rings. The maximum absolute atomic E-state index is 4.09. The average molecular weight is 173 g/mol. The smallest absolute Gasteiger partial charge is 0.0343 e. The van der Waals surface area contributed by atoms with E-state index >= 15 is 0 Å². The molecule has 0 bridgehead atoms. The SMILES string of the molecule is C\C=C/C(C)=c1/ccnc/c1=C/C. The molecule has 0 N–H and O–H groups in total. The molecule has 0 amide bonds. The Morgan fingerprint density at radius 1 is 1.38 bits per heavy atom. The van der Waals surface area contributed by atoms with E-state index in [2.05, 4.69) is 30.1 Å². The lowest BCUT2D eigenvalue weighted by Gasteiger charge is -1.93. The summed E-state index contributed by atoms with van der Waals surface area (Å²) in [6.07, 6.45) is 9.96. The molecule has 0 aliphatic carbocycles. The second kappa shape index (κ2) is 4.61. The molecule has 0 saturated carbocycles. The summed E-state index contributed by atoms with van der Waals surface area (Å²) in [5.74, 6) is 0. The second-order valence-corrected chi connectivity index (χ2v) is 2.93. The topological polar surface area (TPSA) is 12.9 Å². The summed E-state index contributed by atoms with van der Waals surface area (Å²) in [6, 6.07) is 2.05. The van der Waals surface area contributed by atoms with Crippen LogP contribution < -0.4 is 10.4 Å². The van der Waals surface area contributed by atoms with Crippen molar-refractivity contribution >= 4 is 11.6 Å². The van der Waals surface area contributed by atoms with Crippen LogP contribution >= 0.6 is 0 Å². The average Bonchev–Trinajstić information content (AvgIpc) is 2.18. The minimum atomic E-state index is 1.19. The van der Waals surface area contributed by atoms with Gasteiger partial charge in [0.15, 0.2) is 0 Å². The first-order valence-electron chi connectivity index (χ1n) is 4.49. The van der Waals surface area contributed by atoms with E-state index < -0.39 is 0 Å². The molecule has 0 unspecified atom stereocenters. The van der Waals surface area contributed by atoms with Gasteiger partial charge in [0.25, 0.3) is 0 Å². The lowest BCUT2D eigenvalue weighted by atomic mass is 10.1. The third kappa shape index (κ3) is 2.28. The van der Waals surface area contributed by atoms with Crippen molar-refractivity contribution < 1.29 is 0 Å². The molecule has 0 spiro atoms. The first-order valence-corrected chi connectivity index (χ1v) is 4.49. The van der Waals surface area contributed by atoms with Gasteiger partial charge in [-0.2, -0.15) is 0 Å². The van der Waals surface area contributed by atoms with Crippen LogP contribution in [0.2, 0.25) is 0 Å². The van der Waals surface area contributed by atoms with Crippen molar-refractivity contribution in [2.75, 3.05) is 0 Å². The van der Waals surface area contributed by atoms with E-state index in [4.69, 9.17) is 0 Å². The van der Waals surface area contributed by atoms with Gasteiger partial charge >= 0.3 is 0 Å². The van der Waals surface area contributed by atoms with Crippen LogP contribution in [-0.2, 0) is 0 Å². The Kier molecular flexibility index (Phi) is 3.44. The minimum Gasteiger partial charge on any atom is -0.264 e. The molecular weight excluding hydrogens is 158 g/mol. The highest BCUT2D eigenvalue weighted by molar-refractivity contribution is 5.54. The Bertz CT molecular complexity index is 413. The van der Waals surface area contributed by atoms with Crippen LogP contribution in [0.25, 0.3) is 11.6 Å². The molecule has 13 heavy (non-hydrogen) atoms. The number of rotatable bonds is 1. The highest BCUT2D eigenvalue weighted by Gasteiger charge is 1.87. The van der Waals surface area contributed by atoms with Gasteiger partial charge in [0.2, 0.25) is 0 Å². The first kappa shape index (κ1) is 9.72. The summed E-state index contributed by atoms with van der Waals surface area (Å²) in [6.45, 7) is 6.17. The highest BCUT2D eigenvalue weighted by Crippen LogP contribution is 1.90. The Hall–Kier alpha value is -1.37. The molecule has 0 aliphatic rings. The highest BCUT2D eigenvalue weighted by atomic mass is 14.6. The fraction of sp³-hybridized carbons (Fsp3) is 0.250. The minimum absolute atomic E-state index is 1.19. The second-order valence-electron chi connectivity index (χ2n) is 2.93. The lowest BCUT2D eigenvalue weighted by Crippen LogP contribution is -2.25. The molecule has 1 rings (SSSR count). The van der Waals surface area contributed by atoms with Gasteiger partial charge in [0.05, 0.1) is 0 Å². The maximum Gasteiger partial charge on any atom is 0.0343 e. The Morgan fingerprint density at radius 3 is 2.77 bits per heavy atom. The van der Waals surface area contributed by atoms with E-state index in [1.807, 2.05) is 32.3 Å². The summed E-state index contributed by atoms with van der Waals surface area (Å²) < 4.78 is 0. The standard InChI is InChI=1S/C12H15N/c1-4-6-10(3)12-7-8-13-9-11(12)5-2/h4-9H,1-3H3/b6-4-,11-5-,12-10-. The monoisotopic (exact) mass is 173 g/mol. The number of aromatic nitrogens is 1. The van der Waals surface area contributed by atoms with Crippen LogP contribution in [0.5, 0.6) is 0 Å². The molecule has 1 heterocycles. The van der Waals surface area contributed by atoms with Crippen LogP contribution in [0, 0.1) is 0 Å². The van der Waals surface area contributed by atoms with Gasteiger partial charge in [0.1, 0.15) is 0 Å². The van der Waals surface area contributed by atoms with Gasteiger partial charge in [-0.3, -0.25) is 4.98 Å². The summed E-state index contributed by atoms with van der Waals surface area (Å²) in [5.41, 5.74) is 1.28. The fourth-order valence-corrected chi connectivity index (χ4v) is 1.34. The van der Waals surface area contributed by atoms with Gasteiger partial charge in [-0.1, -0.05) is 18.2 Å². The van der Waals surface area contributed by atoms with Gasteiger partial charge in [0, 0.05) is 12.4 Å². The number of hydrogen-bond acceptors (Lipinski definition) is 1. The summed E-state index contributed by atoms with van der Waals surface area (Å²) in [5, 5.41) is 2.45. The molecule has 1 aromatic rings. The van der Waals surface area contributed by atoms with Crippen molar-refractivity contribution in [1.82, 2.24) is 4.98 Å². The molecule has 0 saturated heterocycles. The molecule has 1 nitrogen and oxygen atoms in total. The van der Waals surface area contributed by atoms with E-state index in [0.717, 1.165) is 0 Å². The van der Waals surface area contributed by atoms with Crippen molar-refractivity contribution in [2.45, 2.75) is 20.8 Å². The zero-order chi connectivity index (χ0) is 9.68. The van der Waals surface area contributed by atoms with E-state index in [9.17, 15) is 0 Å². The van der Waals surface area contributed by atoms with Gasteiger partial charge in [-0.15, -0.1) is 0 Å². The van der Waals surface area contributed by atoms with Crippen LogP contribution in [0.1, 0.15) is 20.8 Å². The normalized spacial score (nSPS) is 15.2. The molecule has 0 aromatic carbocycles. The van der Waals surface area contributed by atoms with Gasteiger partial charge in [-0.25, -0.2) is 0 Å². The molecular formula is C12H15N. The number of hydrogen-bond donors (Lipinski definition) is 0. The van der Waals surface area contributed by atoms with E-state index in [1.165, 1.54) is 16.0 Å². The molecule has 0 radical (unpaired) electrons. The predicted molar refractivity (Wildman–Crippen MR) is 57.5 cm³/mol. The Morgan fingerprint density at radius 2 is 2.15 bits per heavy atom. The molecule has 1 aromatic heterocycles. The summed E-state index contributed by atoms with van der Waals surface area (Å²) in [7, 11) is 0. The maximum atomic E-state index is 4.09. The van der Waals surface area contributed by atoms with E-state index in [0.29, 0.717) is 0 Å². The number of pyridine rings is 1. The number of nitrogens with zero attached hydrogens (tertiary/aromatic N) is 1. The van der Waals surface area contributed by atoms with Crippen LogP contribution in [0.15, 0.2) is 30.6 Å².